The lowest BCUT2D eigenvalue weighted by Crippen LogP contribution is -2.55. The molecule has 1 fully saturated rings. The smallest absolute Gasteiger partial charge is 0.410 e. The molecular formula is C14H19NO4. The summed E-state index contributed by atoms with van der Waals surface area (Å²) in [6.07, 6.45) is -0.538. The SMILES string of the molecule is COC(OC)C1CN(C(=O)OCc2ccccc2)C1. The number of amides is 1. The van der Waals surface area contributed by atoms with E-state index in [9.17, 15) is 4.79 Å². The highest BCUT2D eigenvalue weighted by molar-refractivity contribution is 5.68. The molecule has 5 nitrogen and oxygen atoms in total. The third-order valence-corrected chi connectivity index (χ3v) is 3.22. The van der Waals surface area contributed by atoms with E-state index in [1.807, 2.05) is 30.3 Å². The first-order valence-corrected chi connectivity index (χ1v) is 6.25. The Morgan fingerprint density at radius 2 is 1.89 bits per heavy atom. The maximum absolute atomic E-state index is 11.8. The average molecular weight is 265 g/mol. The van der Waals surface area contributed by atoms with Gasteiger partial charge in [0, 0.05) is 33.2 Å². The van der Waals surface area contributed by atoms with Crippen molar-refractivity contribution in [2.45, 2.75) is 12.9 Å². The molecule has 19 heavy (non-hydrogen) atoms. The number of benzene rings is 1. The molecule has 0 unspecified atom stereocenters. The highest BCUT2D eigenvalue weighted by Crippen LogP contribution is 2.22. The molecule has 1 heterocycles. The molecule has 2 rings (SSSR count). The van der Waals surface area contributed by atoms with Crippen molar-refractivity contribution < 1.29 is 19.0 Å². The van der Waals surface area contributed by atoms with E-state index in [1.54, 1.807) is 19.1 Å². The van der Waals surface area contributed by atoms with Crippen LogP contribution in [0.2, 0.25) is 0 Å². The number of hydrogen-bond acceptors (Lipinski definition) is 4. The van der Waals surface area contributed by atoms with Crippen LogP contribution in [-0.4, -0.2) is 44.6 Å². The predicted molar refractivity (Wildman–Crippen MR) is 69.5 cm³/mol. The monoisotopic (exact) mass is 265 g/mol. The van der Waals surface area contributed by atoms with Crippen molar-refractivity contribution in [1.29, 1.82) is 0 Å². The zero-order valence-electron chi connectivity index (χ0n) is 11.2. The van der Waals surface area contributed by atoms with Crippen LogP contribution in [0, 0.1) is 5.92 Å². The van der Waals surface area contributed by atoms with Crippen LogP contribution in [-0.2, 0) is 20.8 Å². The number of carbonyl (C=O) groups is 1. The van der Waals surface area contributed by atoms with Gasteiger partial charge in [0.2, 0.25) is 0 Å². The summed E-state index contributed by atoms with van der Waals surface area (Å²) < 4.78 is 15.6. The van der Waals surface area contributed by atoms with Crippen LogP contribution < -0.4 is 0 Å². The van der Waals surface area contributed by atoms with Crippen LogP contribution in [0.4, 0.5) is 4.79 Å². The summed E-state index contributed by atoms with van der Waals surface area (Å²) in [5.74, 6) is 0.222. The molecule has 0 saturated carbocycles. The van der Waals surface area contributed by atoms with Gasteiger partial charge < -0.3 is 19.1 Å². The van der Waals surface area contributed by atoms with E-state index in [2.05, 4.69) is 0 Å². The second kappa shape index (κ2) is 6.54. The Morgan fingerprint density at radius 1 is 1.26 bits per heavy atom. The zero-order chi connectivity index (χ0) is 13.7. The van der Waals surface area contributed by atoms with E-state index < -0.39 is 0 Å². The number of rotatable bonds is 5. The lowest BCUT2D eigenvalue weighted by atomic mass is 10.0. The molecule has 104 valence electrons. The molecule has 0 radical (unpaired) electrons. The van der Waals surface area contributed by atoms with Crippen LogP contribution in [0.25, 0.3) is 0 Å². The minimum absolute atomic E-state index is 0.222. The molecular weight excluding hydrogens is 246 g/mol. The van der Waals surface area contributed by atoms with Crippen LogP contribution >= 0.6 is 0 Å². The molecule has 0 bridgehead atoms. The van der Waals surface area contributed by atoms with Gasteiger partial charge in [-0.25, -0.2) is 4.79 Å². The lowest BCUT2D eigenvalue weighted by molar-refractivity contribution is -0.165. The third kappa shape index (κ3) is 3.45. The molecule has 1 amide bonds. The molecule has 0 aromatic heterocycles. The summed E-state index contributed by atoms with van der Waals surface area (Å²) in [4.78, 5) is 13.4. The van der Waals surface area contributed by atoms with Gasteiger partial charge >= 0.3 is 6.09 Å². The highest BCUT2D eigenvalue weighted by Gasteiger charge is 2.37. The first-order chi connectivity index (χ1) is 9.24. The van der Waals surface area contributed by atoms with Gasteiger partial charge in [-0.2, -0.15) is 0 Å². The lowest BCUT2D eigenvalue weighted by Gasteiger charge is -2.41. The number of nitrogens with zero attached hydrogens (tertiary/aromatic N) is 1. The van der Waals surface area contributed by atoms with E-state index in [-0.39, 0.29) is 18.3 Å². The molecule has 5 heteroatoms. The van der Waals surface area contributed by atoms with Crippen molar-refractivity contribution in [3.05, 3.63) is 35.9 Å². The van der Waals surface area contributed by atoms with Gasteiger partial charge in [-0.3, -0.25) is 0 Å². The Bertz CT molecular complexity index is 399. The second-order valence-electron chi connectivity index (χ2n) is 4.55. The number of likely N-dealkylation sites (tertiary alicyclic amines) is 1. The van der Waals surface area contributed by atoms with Crippen LogP contribution in [0.3, 0.4) is 0 Å². The van der Waals surface area contributed by atoms with E-state index in [4.69, 9.17) is 14.2 Å². The molecule has 1 aliphatic rings. The maximum Gasteiger partial charge on any atom is 0.410 e. The van der Waals surface area contributed by atoms with Crippen molar-refractivity contribution >= 4 is 6.09 Å². The fourth-order valence-electron chi connectivity index (χ4n) is 2.13. The van der Waals surface area contributed by atoms with Gasteiger partial charge in [-0.05, 0) is 5.56 Å². The van der Waals surface area contributed by atoms with Gasteiger partial charge in [0.15, 0.2) is 6.29 Å². The van der Waals surface area contributed by atoms with E-state index >= 15 is 0 Å². The average Bonchev–Trinajstić information content (AvgIpc) is 2.40. The topological polar surface area (TPSA) is 48.0 Å². The van der Waals surface area contributed by atoms with E-state index in [1.165, 1.54) is 0 Å². The van der Waals surface area contributed by atoms with Crippen LogP contribution in [0.5, 0.6) is 0 Å². The van der Waals surface area contributed by atoms with Crippen molar-refractivity contribution in [3.63, 3.8) is 0 Å². The van der Waals surface area contributed by atoms with Crippen molar-refractivity contribution in [1.82, 2.24) is 4.90 Å². The van der Waals surface area contributed by atoms with Crippen LogP contribution in [0.15, 0.2) is 30.3 Å². The summed E-state index contributed by atoms with van der Waals surface area (Å²) >= 11 is 0. The fourth-order valence-corrected chi connectivity index (χ4v) is 2.13. The van der Waals surface area contributed by atoms with E-state index in [0.717, 1.165) is 5.56 Å². The molecule has 1 aromatic carbocycles. The molecule has 0 N–H and O–H groups in total. The van der Waals surface area contributed by atoms with Gasteiger partial charge in [-0.15, -0.1) is 0 Å². The summed E-state index contributed by atoms with van der Waals surface area (Å²) in [6.45, 7) is 1.53. The Labute approximate surface area is 113 Å². The maximum atomic E-state index is 11.8. The predicted octanol–water partition coefficient (Wildman–Crippen LogP) is 1.87. The minimum atomic E-state index is -0.286. The third-order valence-electron chi connectivity index (χ3n) is 3.22. The van der Waals surface area contributed by atoms with Gasteiger partial charge in [0.1, 0.15) is 6.61 Å². The number of hydrogen-bond donors (Lipinski definition) is 0. The number of carbonyl (C=O) groups excluding carboxylic acids is 1. The standard InChI is InChI=1S/C14H19NO4/c1-17-13(18-2)12-8-15(9-12)14(16)19-10-11-6-4-3-5-7-11/h3-7,12-13H,8-10H2,1-2H3. The Kier molecular flexibility index (Phi) is 4.76. The molecule has 0 atom stereocenters. The summed E-state index contributed by atoms with van der Waals surface area (Å²) in [7, 11) is 3.20. The Hall–Kier alpha value is -1.59. The number of ether oxygens (including phenoxy) is 3. The van der Waals surface area contributed by atoms with Crippen molar-refractivity contribution in [2.24, 2.45) is 5.92 Å². The van der Waals surface area contributed by atoms with Crippen LogP contribution in [0.1, 0.15) is 5.56 Å². The first kappa shape index (κ1) is 13.8. The Balaban J connectivity index is 1.72. The molecule has 0 spiro atoms. The summed E-state index contributed by atoms with van der Waals surface area (Å²) in [5, 5.41) is 0. The van der Waals surface area contributed by atoms with E-state index in [0.29, 0.717) is 19.7 Å². The molecule has 0 aliphatic carbocycles. The number of methoxy groups -OCH3 is 2. The largest absolute Gasteiger partial charge is 0.445 e. The van der Waals surface area contributed by atoms with Gasteiger partial charge in [0.05, 0.1) is 0 Å². The van der Waals surface area contributed by atoms with Gasteiger partial charge in [-0.1, -0.05) is 30.3 Å². The molecule has 1 saturated heterocycles. The van der Waals surface area contributed by atoms with Crippen molar-refractivity contribution in [2.75, 3.05) is 27.3 Å². The highest BCUT2D eigenvalue weighted by atomic mass is 16.7. The Morgan fingerprint density at radius 3 is 2.47 bits per heavy atom. The normalized spacial score (nSPS) is 15.4. The second-order valence-corrected chi connectivity index (χ2v) is 4.55. The van der Waals surface area contributed by atoms with Gasteiger partial charge in [0.25, 0.3) is 0 Å². The van der Waals surface area contributed by atoms with Crippen molar-refractivity contribution in [3.8, 4) is 0 Å². The molecule has 1 aliphatic heterocycles. The fraction of sp³-hybridized carbons (Fsp3) is 0.500. The molecule has 1 aromatic rings. The quantitative estimate of drug-likeness (QED) is 0.763. The summed E-state index contributed by atoms with van der Waals surface area (Å²) in [5.41, 5.74) is 0.986. The zero-order valence-corrected chi connectivity index (χ0v) is 11.2. The first-order valence-electron chi connectivity index (χ1n) is 6.25. The minimum Gasteiger partial charge on any atom is -0.445 e. The summed E-state index contributed by atoms with van der Waals surface area (Å²) in [6, 6.07) is 9.63.